The van der Waals surface area contributed by atoms with Gasteiger partial charge in [-0.15, -0.1) is 0 Å². The molecule has 20 rings (SSSR count). The zero-order chi connectivity index (χ0) is 77.4. The van der Waals surface area contributed by atoms with E-state index in [-0.39, 0.29) is 54.4 Å². The second kappa shape index (κ2) is 27.1. The average Bonchev–Trinajstić information content (AvgIpc) is 1.69. The molecular formula is C97H70BrN3Si2. The fraction of sp³-hybridized carbons (Fsp3) is 0.0103. The zero-order valence-electron chi connectivity index (χ0n) is 65.9. The van der Waals surface area contributed by atoms with Gasteiger partial charge in [-0.05, 0) is 155 Å². The first kappa shape index (κ1) is 52.8. The molecule has 3 aromatic heterocycles. The normalized spacial score (nSPS) is 13.3. The highest BCUT2D eigenvalue weighted by Gasteiger charge is 2.43. The first-order chi connectivity index (χ1) is 55.2. The first-order valence-electron chi connectivity index (χ1n) is 39.6. The molecule has 0 bridgehead atoms. The van der Waals surface area contributed by atoms with E-state index in [0.29, 0.717) is 10.4 Å². The number of hydrogen-bond donors (Lipinski definition) is 0. The number of nitrogens with zero attached hydrogens (tertiary/aromatic N) is 3. The maximum absolute atomic E-state index is 9.29. The molecule has 0 fully saturated rings. The van der Waals surface area contributed by atoms with E-state index in [4.69, 9.17) is 11.0 Å². The Morgan fingerprint density at radius 3 is 0.961 bits per heavy atom. The standard InChI is InChI=1S/C48H34N2Si.C25H17N.C24H19BrSi/c1-4-16-37(17-5-1)51(38-18-6-2-7-19-38,39-20-8-3-9-21-39)40-31-28-35(29-32-40)49-47-27-15-12-24-43(47)44-34-36(30-33-48(44)49)50-45-25-13-10-22-41(45)42-23-11-14-26-46(42)50;1-2-8-20-17(7-1)15-18-13-14-19(16-23(18)20)26-24-11-5-3-9-21(24)22-10-4-6-12-25(22)26;25-20-16-18-24(19-17-20)26(21-10-4-1-5-11-21,22-12-6-2-7-13-22)23-14-8-3-9-15-23/h1-34H;1-14,16H,15H2;1-19H/i1D,4D,5D,16D,17D;;1D,4D,5D,10D,11D. The van der Waals surface area contributed by atoms with Gasteiger partial charge in [0.25, 0.3) is 0 Å². The fourth-order valence-corrected chi connectivity index (χ4v) is 25.2. The summed E-state index contributed by atoms with van der Waals surface area (Å²) in [6.07, 6.45) is 1.04. The molecule has 0 amide bonds. The summed E-state index contributed by atoms with van der Waals surface area (Å²) >= 11 is 3.50. The molecule has 0 saturated carbocycles. The summed E-state index contributed by atoms with van der Waals surface area (Å²) in [5, 5.41) is 13.7. The molecule has 103 heavy (non-hydrogen) atoms. The lowest BCUT2D eigenvalue weighted by Crippen LogP contribution is -2.74. The van der Waals surface area contributed by atoms with E-state index in [1.807, 2.05) is 146 Å². The monoisotopic (exact) mass is 1420 g/mol. The maximum Gasteiger partial charge on any atom is 0.179 e. The van der Waals surface area contributed by atoms with Crippen LogP contribution in [0.4, 0.5) is 0 Å². The third-order valence-corrected chi connectivity index (χ3v) is 30.3. The lowest BCUT2D eigenvalue weighted by Gasteiger charge is -2.34. The van der Waals surface area contributed by atoms with Crippen molar-refractivity contribution in [2.75, 3.05) is 0 Å². The van der Waals surface area contributed by atoms with Crippen LogP contribution in [-0.4, -0.2) is 29.8 Å². The van der Waals surface area contributed by atoms with Crippen LogP contribution in [0.25, 0.3) is 93.6 Å². The largest absolute Gasteiger partial charge is 0.309 e. The molecule has 3 heterocycles. The quantitative estimate of drug-likeness (QED) is 0.0906. The highest BCUT2D eigenvalue weighted by molar-refractivity contribution is 9.10. The number of aromatic nitrogens is 3. The highest BCUT2D eigenvalue weighted by atomic mass is 79.9. The van der Waals surface area contributed by atoms with Gasteiger partial charge in [-0.25, -0.2) is 0 Å². The molecule has 0 spiro atoms. The van der Waals surface area contributed by atoms with E-state index < -0.39 is 22.2 Å². The van der Waals surface area contributed by atoms with Crippen LogP contribution in [0, 0.1) is 0 Å². The second-order valence-corrected chi connectivity index (χ2v) is 34.4. The summed E-state index contributed by atoms with van der Waals surface area (Å²) < 4.78 is 94.9. The number of rotatable bonds is 11. The molecule has 0 atom stereocenters. The minimum Gasteiger partial charge on any atom is -0.309 e. The summed E-state index contributed by atoms with van der Waals surface area (Å²) in [5.74, 6) is 0. The van der Waals surface area contributed by atoms with Crippen LogP contribution in [0.1, 0.15) is 24.8 Å². The number of benzene rings is 16. The smallest absolute Gasteiger partial charge is 0.179 e. The Morgan fingerprint density at radius 2 is 0.534 bits per heavy atom. The summed E-state index contributed by atoms with van der Waals surface area (Å²) in [5.41, 5.74) is 15.9. The second-order valence-electron chi connectivity index (χ2n) is 26.0. The van der Waals surface area contributed by atoms with Gasteiger partial charge in [-0.2, -0.15) is 0 Å². The molecule has 6 heteroatoms. The minimum absolute atomic E-state index is 0.145. The van der Waals surface area contributed by atoms with E-state index in [9.17, 15) is 2.74 Å². The van der Waals surface area contributed by atoms with Crippen LogP contribution in [0.2, 0.25) is 0 Å². The fourth-order valence-electron chi connectivity index (χ4n) is 16.1. The SMILES string of the molecule is [2H]c1c([2H])c([2H])c([Si](c2ccccc2)(c2ccccc2)c2ccc(-n3c4ccccc4c4cc(-n5c6ccccc6c6ccccc65)ccc43)cc2)c([2H])c1[2H].[2H]c1c([2H])c([2H])c([Si](c2ccccc2)(c2ccccc2)c2ccc(Br)cc2)c([2H])c1[2H].c1ccc2c(c1)Cc1ccc(-n3c4ccccc4c4ccccc43)cc1-2. The van der Waals surface area contributed by atoms with Gasteiger partial charge in [0.1, 0.15) is 0 Å². The lowest BCUT2D eigenvalue weighted by molar-refractivity contribution is 1.17. The molecular weight excluding hydrogens is 1340 g/mol. The molecule has 1 aliphatic rings. The van der Waals surface area contributed by atoms with E-state index in [1.54, 1.807) is 0 Å². The van der Waals surface area contributed by atoms with E-state index in [1.165, 1.54) is 60.5 Å². The average molecular weight is 1420 g/mol. The summed E-state index contributed by atoms with van der Waals surface area (Å²) in [6, 6.07) is 119. The minimum atomic E-state index is -3.48. The van der Waals surface area contributed by atoms with Crippen molar-refractivity contribution in [2.24, 2.45) is 0 Å². The topological polar surface area (TPSA) is 14.8 Å². The van der Waals surface area contributed by atoms with Crippen LogP contribution >= 0.6 is 15.9 Å². The third kappa shape index (κ3) is 10.9. The Kier molecular flexibility index (Phi) is 13.9. The van der Waals surface area contributed by atoms with Gasteiger partial charge in [0.2, 0.25) is 0 Å². The number of para-hydroxylation sites is 5. The van der Waals surface area contributed by atoms with Crippen LogP contribution in [-0.2, 0) is 6.42 Å². The molecule has 16 aromatic carbocycles. The summed E-state index contributed by atoms with van der Waals surface area (Å²) in [6.45, 7) is 0. The molecule has 488 valence electrons. The van der Waals surface area contributed by atoms with Gasteiger partial charge >= 0.3 is 0 Å². The van der Waals surface area contributed by atoms with Crippen molar-refractivity contribution in [1.82, 2.24) is 13.7 Å². The molecule has 19 aromatic rings. The molecule has 1 aliphatic carbocycles. The van der Waals surface area contributed by atoms with Gasteiger partial charge in [0.05, 0.1) is 46.8 Å². The summed E-state index contributed by atoms with van der Waals surface area (Å²) in [7, 11) is -6.70. The van der Waals surface area contributed by atoms with Crippen molar-refractivity contribution in [3.63, 3.8) is 0 Å². The van der Waals surface area contributed by atoms with Crippen molar-refractivity contribution in [1.29, 1.82) is 0 Å². The summed E-state index contributed by atoms with van der Waals surface area (Å²) in [4.78, 5) is 0. The highest BCUT2D eigenvalue weighted by Crippen LogP contribution is 2.41. The number of halogens is 1. The zero-order valence-corrected chi connectivity index (χ0v) is 59.5. The van der Waals surface area contributed by atoms with Crippen LogP contribution < -0.4 is 41.5 Å². The Balaban J connectivity index is 0.000000131. The Morgan fingerprint density at radius 1 is 0.233 bits per heavy atom. The van der Waals surface area contributed by atoms with Gasteiger partial charge in [-0.3, -0.25) is 0 Å². The van der Waals surface area contributed by atoms with Gasteiger partial charge in [-0.1, -0.05) is 343 Å². The van der Waals surface area contributed by atoms with Crippen molar-refractivity contribution >= 4 is 139 Å². The van der Waals surface area contributed by atoms with Crippen LogP contribution in [0.3, 0.4) is 0 Å². The predicted octanol–water partition coefficient (Wildman–Crippen LogP) is 19.4. The van der Waals surface area contributed by atoms with Crippen LogP contribution in [0.5, 0.6) is 0 Å². The predicted molar refractivity (Wildman–Crippen MR) is 446 cm³/mol. The molecule has 0 saturated heterocycles. The van der Waals surface area contributed by atoms with Gasteiger partial charge in [0, 0.05) is 53.9 Å². The van der Waals surface area contributed by atoms with E-state index in [2.05, 4.69) is 236 Å². The Labute approximate surface area is 625 Å². The molecule has 0 aliphatic heterocycles. The molecule has 3 nitrogen and oxygen atoms in total. The van der Waals surface area contributed by atoms with Crippen LogP contribution in [0.15, 0.2) is 417 Å². The molecule has 0 unspecified atom stereocenters. The molecule has 0 N–H and O–H groups in total. The van der Waals surface area contributed by atoms with E-state index >= 15 is 0 Å². The van der Waals surface area contributed by atoms with E-state index in [0.717, 1.165) is 86.2 Å². The van der Waals surface area contributed by atoms with Crippen molar-refractivity contribution in [3.8, 4) is 28.2 Å². The first-order valence-corrected chi connectivity index (χ1v) is 39.4. The Bertz CT molecular complexity index is 6670. The van der Waals surface area contributed by atoms with Gasteiger partial charge < -0.3 is 13.7 Å². The lowest BCUT2D eigenvalue weighted by atomic mass is 10.1. The molecule has 0 radical (unpaired) electrons. The van der Waals surface area contributed by atoms with Gasteiger partial charge in [0.15, 0.2) is 16.1 Å². The Hall–Kier alpha value is -12.2. The third-order valence-electron chi connectivity index (χ3n) is 20.5. The van der Waals surface area contributed by atoms with Crippen molar-refractivity contribution in [3.05, 3.63) is 428 Å². The number of hydrogen-bond acceptors (Lipinski definition) is 0. The van der Waals surface area contributed by atoms with Crippen molar-refractivity contribution < 1.29 is 13.7 Å². The number of fused-ring (bicyclic) bond motifs is 12. The maximum atomic E-state index is 9.29. The van der Waals surface area contributed by atoms with Crippen molar-refractivity contribution in [2.45, 2.75) is 6.42 Å².